The molecule has 0 radical (unpaired) electrons. The van der Waals surface area contributed by atoms with Gasteiger partial charge >= 0.3 is 0 Å². The highest BCUT2D eigenvalue weighted by molar-refractivity contribution is 5.98. The van der Waals surface area contributed by atoms with Gasteiger partial charge in [0.25, 0.3) is 5.91 Å². The molecule has 0 spiro atoms. The number of hydrogen-bond acceptors (Lipinski definition) is 5. The molecule has 1 aromatic rings. The number of nitrogen functional groups attached to an aromatic ring is 1. The van der Waals surface area contributed by atoms with Crippen LogP contribution in [0.5, 0.6) is 0 Å². The molecule has 2 rings (SSSR count). The van der Waals surface area contributed by atoms with E-state index in [1.807, 2.05) is 0 Å². The average Bonchev–Trinajstić information content (AvgIpc) is 2.87. The molecule has 0 aliphatic heterocycles. The Bertz CT molecular complexity index is 494. The highest BCUT2D eigenvalue weighted by atomic mass is 16.1. The molecule has 0 saturated heterocycles. The lowest BCUT2D eigenvalue weighted by molar-refractivity contribution is 0.100. The highest BCUT2D eigenvalue weighted by Crippen LogP contribution is 2.33. The molecule has 20 heavy (non-hydrogen) atoms. The zero-order valence-corrected chi connectivity index (χ0v) is 12.1. The number of nitrogens with zero attached hydrogens (tertiary/aromatic N) is 2. The first-order chi connectivity index (χ1) is 9.44. The van der Waals surface area contributed by atoms with Gasteiger partial charge in [-0.15, -0.1) is 0 Å². The van der Waals surface area contributed by atoms with Crippen LogP contribution in [0.4, 0.5) is 11.5 Å². The fourth-order valence-corrected chi connectivity index (χ4v) is 2.85. The Hall–Kier alpha value is -1.82. The topological polar surface area (TPSA) is 97.3 Å². The van der Waals surface area contributed by atoms with E-state index in [1.165, 1.54) is 31.9 Å². The average molecular weight is 277 g/mol. The summed E-state index contributed by atoms with van der Waals surface area (Å²) < 4.78 is 0. The number of pyridine rings is 1. The van der Waals surface area contributed by atoms with Crippen molar-refractivity contribution >= 4 is 17.4 Å². The minimum Gasteiger partial charge on any atom is -0.397 e. The summed E-state index contributed by atoms with van der Waals surface area (Å²) in [7, 11) is 4.22. The number of carbonyl (C=O) groups excluding carboxylic acids is 1. The normalized spacial score (nSPS) is 17.4. The molecule has 1 amide bonds. The van der Waals surface area contributed by atoms with E-state index in [0.29, 0.717) is 17.1 Å². The predicted molar refractivity (Wildman–Crippen MR) is 80.5 cm³/mol. The van der Waals surface area contributed by atoms with E-state index in [4.69, 9.17) is 11.5 Å². The van der Waals surface area contributed by atoms with Gasteiger partial charge < -0.3 is 21.7 Å². The smallest absolute Gasteiger partial charge is 0.250 e. The Morgan fingerprint density at radius 3 is 2.65 bits per heavy atom. The second-order valence-electron chi connectivity index (χ2n) is 5.70. The number of anilines is 2. The number of nitrogens with two attached hydrogens (primary N) is 2. The summed E-state index contributed by atoms with van der Waals surface area (Å²) in [5.74, 6) is 0.109. The maximum absolute atomic E-state index is 11.3. The Kier molecular flexibility index (Phi) is 4.13. The van der Waals surface area contributed by atoms with Gasteiger partial charge in [-0.2, -0.15) is 0 Å². The minimum atomic E-state index is -0.531. The van der Waals surface area contributed by atoms with E-state index in [1.54, 1.807) is 6.07 Å². The van der Waals surface area contributed by atoms with Gasteiger partial charge in [0.15, 0.2) is 0 Å². The number of rotatable bonds is 5. The molecular formula is C14H23N5O. The molecule has 1 aliphatic rings. The van der Waals surface area contributed by atoms with Crippen LogP contribution in [0, 0.1) is 0 Å². The van der Waals surface area contributed by atoms with Gasteiger partial charge in [-0.3, -0.25) is 4.79 Å². The minimum absolute atomic E-state index is 0.163. The third-order valence-electron chi connectivity index (χ3n) is 4.28. The van der Waals surface area contributed by atoms with Crippen LogP contribution in [-0.4, -0.2) is 42.0 Å². The molecule has 1 aromatic heterocycles. The number of carbonyl (C=O) groups is 1. The molecule has 6 nitrogen and oxygen atoms in total. The van der Waals surface area contributed by atoms with E-state index in [-0.39, 0.29) is 5.54 Å². The largest absolute Gasteiger partial charge is 0.397 e. The van der Waals surface area contributed by atoms with Gasteiger partial charge in [0.2, 0.25) is 0 Å². The zero-order valence-electron chi connectivity index (χ0n) is 12.1. The van der Waals surface area contributed by atoms with Gasteiger partial charge in [0.1, 0.15) is 5.82 Å². The molecular weight excluding hydrogens is 254 g/mol. The van der Waals surface area contributed by atoms with Crippen molar-refractivity contribution in [3.63, 3.8) is 0 Å². The lowest BCUT2D eigenvalue weighted by Crippen LogP contribution is -2.47. The number of nitrogens with one attached hydrogen (secondary N) is 1. The van der Waals surface area contributed by atoms with Crippen LogP contribution >= 0.6 is 0 Å². The second-order valence-corrected chi connectivity index (χ2v) is 5.70. The highest BCUT2D eigenvalue weighted by Gasteiger charge is 2.35. The predicted octanol–water partition coefficient (Wildman–Crippen LogP) is 1.05. The van der Waals surface area contributed by atoms with Gasteiger partial charge in [0, 0.05) is 12.1 Å². The molecule has 6 heteroatoms. The fourth-order valence-electron chi connectivity index (χ4n) is 2.85. The van der Waals surface area contributed by atoms with Crippen molar-refractivity contribution in [2.45, 2.75) is 31.2 Å². The Labute approximate surface area is 119 Å². The summed E-state index contributed by atoms with van der Waals surface area (Å²) in [5.41, 5.74) is 11.8. The van der Waals surface area contributed by atoms with Crippen LogP contribution in [-0.2, 0) is 0 Å². The maximum atomic E-state index is 11.3. The number of amides is 1. The first kappa shape index (κ1) is 14.6. The second kappa shape index (κ2) is 5.66. The molecule has 0 atom stereocenters. The van der Waals surface area contributed by atoms with E-state index in [2.05, 4.69) is 29.3 Å². The number of primary amides is 1. The third kappa shape index (κ3) is 2.85. The standard InChI is InChI=1S/C14H23N5O/c1-19(2)14(5-3-4-6-14)9-18-12-7-10(13(16)20)11(15)8-17-12/h7-8H,3-6,9,15H2,1-2H3,(H2,16,20)(H,17,18). The summed E-state index contributed by atoms with van der Waals surface area (Å²) in [4.78, 5) is 17.8. The van der Waals surface area contributed by atoms with Gasteiger partial charge in [-0.25, -0.2) is 4.98 Å². The Balaban J connectivity index is 2.10. The van der Waals surface area contributed by atoms with Crippen LogP contribution in [0.2, 0.25) is 0 Å². The number of likely N-dealkylation sites (N-methyl/N-ethyl adjacent to an activating group) is 1. The van der Waals surface area contributed by atoms with Crippen LogP contribution in [0.25, 0.3) is 0 Å². The Morgan fingerprint density at radius 2 is 2.10 bits per heavy atom. The quantitative estimate of drug-likeness (QED) is 0.747. The van der Waals surface area contributed by atoms with Crippen LogP contribution in [0.3, 0.4) is 0 Å². The summed E-state index contributed by atoms with van der Waals surface area (Å²) in [5, 5.41) is 3.32. The lowest BCUT2D eigenvalue weighted by atomic mass is 9.96. The summed E-state index contributed by atoms with van der Waals surface area (Å²) in [6, 6.07) is 1.62. The summed E-state index contributed by atoms with van der Waals surface area (Å²) in [6.07, 6.45) is 6.32. The molecule has 5 N–H and O–H groups in total. The Morgan fingerprint density at radius 1 is 1.45 bits per heavy atom. The van der Waals surface area contributed by atoms with Crippen molar-refractivity contribution in [1.29, 1.82) is 0 Å². The SMILES string of the molecule is CN(C)C1(CNc2cc(C(N)=O)c(N)cn2)CCCC1. The van der Waals surface area contributed by atoms with E-state index < -0.39 is 5.91 Å². The summed E-state index contributed by atoms with van der Waals surface area (Å²) >= 11 is 0. The number of aromatic nitrogens is 1. The van der Waals surface area contributed by atoms with Crippen LogP contribution in [0.1, 0.15) is 36.0 Å². The van der Waals surface area contributed by atoms with Crippen LogP contribution < -0.4 is 16.8 Å². The fraction of sp³-hybridized carbons (Fsp3) is 0.571. The lowest BCUT2D eigenvalue weighted by Gasteiger charge is -2.36. The summed E-state index contributed by atoms with van der Waals surface area (Å²) in [6.45, 7) is 0.801. The monoisotopic (exact) mass is 277 g/mol. The molecule has 0 unspecified atom stereocenters. The van der Waals surface area contributed by atoms with Crippen molar-refractivity contribution in [1.82, 2.24) is 9.88 Å². The molecule has 1 saturated carbocycles. The molecule has 0 aromatic carbocycles. The molecule has 110 valence electrons. The zero-order chi connectivity index (χ0) is 14.8. The van der Waals surface area contributed by atoms with Gasteiger partial charge in [-0.05, 0) is 33.0 Å². The van der Waals surface area contributed by atoms with Crippen LogP contribution in [0.15, 0.2) is 12.3 Å². The van der Waals surface area contributed by atoms with Gasteiger partial charge in [-0.1, -0.05) is 12.8 Å². The van der Waals surface area contributed by atoms with Gasteiger partial charge in [0.05, 0.1) is 17.4 Å². The molecule has 0 bridgehead atoms. The van der Waals surface area contributed by atoms with E-state index in [9.17, 15) is 4.79 Å². The van der Waals surface area contributed by atoms with Crippen molar-refractivity contribution < 1.29 is 4.79 Å². The van der Waals surface area contributed by atoms with Crippen molar-refractivity contribution in [2.75, 3.05) is 31.7 Å². The first-order valence-corrected chi connectivity index (χ1v) is 6.91. The van der Waals surface area contributed by atoms with Crippen molar-refractivity contribution in [3.05, 3.63) is 17.8 Å². The third-order valence-corrected chi connectivity index (χ3v) is 4.28. The van der Waals surface area contributed by atoms with E-state index in [0.717, 1.165) is 6.54 Å². The van der Waals surface area contributed by atoms with E-state index >= 15 is 0 Å². The molecule has 1 fully saturated rings. The number of hydrogen-bond donors (Lipinski definition) is 3. The van der Waals surface area contributed by atoms with Crippen molar-refractivity contribution in [2.24, 2.45) is 5.73 Å². The first-order valence-electron chi connectivity index (χ1n) is 6.91. The molecule has 1 heterocycles. The van der Waals surface area contributed by atoms with Crippen molar-refractivity contribution in [3.8, 4) is 0 Å². The molecule has 1 aliphatic carbocycles. The maximum Gasteiger partial charge on any atom is 0.250 e.